The summed E-state index contributed by atoms with van der Waals surface area (Å²) < 4.78 is 6.35. The fourth-order valence-electron chi connectivity index (χ4n) is 8.96. The summed E-state index contributed by atoms with van der Waals surface area (Å²) in [5.74, 6) is -1.28. The molecule has 2 aliphatic carbocycles. The van der Waals surface area contributed by atoms with Crippen molar-refractivity contribution in [1.29, 1.82) is 5.26 Å². The van der Waals surface area contributed by atoms with Crippen molar-refractivity contribution in [2.75, 3.05) is 11.9 Å². The van der Waals surface area contributed by atoms with Gasteiger partial charge in [-0.15, -0.1) is 0 Å². The summed E-state index contributed by atoms with van der Waals surface area (Å²) in [6.07, 6.45) is 7.65. The average molecular weight is 763 g/mol. The second-order valence-corrected chi connectivity index (χ2v) is 15.9. The van der Waals surface area contributed by atoms with Crippen LogP contribution in [0.4, 0.5) is 5.69 Å². The van der Waals surface area contributed by atoms with E-state index in [1.54, 1.807) is 6.07 Å². The number of amides is 5. The van der Waals surface area contributed by atoms with E-state index >= 15 is 0 Å². The van der Waals surface area contributed by atoms with E-state index < -0.39 is 29.7 Å². The molecule has 0 aromatic heterocycles. The van der Waals surface area contributed by atoms with Gasteiger partial charge in [-0.2, -0.15) is 5.26 Å². The number of piperidine rings is 1. The maximum absolute atomic E-state index is 13.3. The number of nitrogens with zero attached hydrogens (tertiary/aromatic N) is 4. The van der Waals surface area contributed by atoms with Gasteiger partial charge in [0.25, 0.3) is 17.7 Å². The summed E-state index contributed by atoms with van der Waals surface area (Å²) in [5.41, 5.74) is 4.76. The molecule has 8 rings (SSSR count). The minimum absolute atomic E-state index is 0.0758. The van der Waals surface area contributed by atoms with E-state index in [1.807, 2.05) is 55.6 Å². The minimum atomic E-state index is -0.968. The number of nitriles is 1. The second kappa shape index (κ2) is 15.1. The van der Waals surface area contributed by atoms with Gasteiger partial charge >= 0.3 is 0 Å². The molecule has 2 N–H and O–H groups in total. The quantitative estimate of drug-likeness (QED) is 0.284. The molecule has 3 aromatic rings. The van der Waals surface area contributed by atoms with Crippen molar-refractivity contribution in [1.82, 2.24) is 20.4 Å². The number of fused-ring (bicyclic) bond motifs is 2. The Kier molecular flexibility index (Phi) is 10.1. The number of carbonyl (C=O) groups is 5. The topological polar surface area (TPSA) is 152 Å². The summed E-state index contributed by atoms with van der Waals surface area (Å²) in [6.45, 7) is 1.38. The normalized spacial score (nSPS) is 25.2. The van der Waals surface area contributed by atoms with Crippen LogP contribution < -0.4 is 20.3 Å². The number of halogens is 1. The van der Waals surface area contributed by atoms with Crippen LogP contribution in [0.3, 0.4) is 0 Å². The van der Waals surface area contributed by atoms with Crippen molar-refractivity contribution in [2.45, 2.75) is 108 Å². The Bertz CT molecular complexity index is 2050. The Morgan fingerprint density at radius 1 is 0.873 bits per heavy atom. The first kappa shape index (κ1) is 36.7. The first-order chi connectivity index (χ1) is 26.6. The predicted octanol–water partition coefficient (Wildman–Crippen LogP) is 5.50. The van der Waals surface area contributed by atoms with E-state index in [0.29, 0.717) is 52.4 Å². The lowest BCUT2D eigenvalue weighted by atomic mass is 9.90. The van der Waals surface area contributed by atoms with Crippen LogP contribution in [-0.2, 0) is 22.7 Å². The molecule has 1 saturated heterocycles. The molecule has 0 unspecified atom stereocenters. The molecule has 284 valence electrons. The molecule has 55 heavy (non-hydrogen) atoms. The highest BCUT2D eigenvalue weighted by molar-refractivity contribution is 6.32. The van der Waals surface area contributed by atoms with Gasteiger partial charge in [0.15, 0.2) is 0 Å². The largest absolute Gasteiger partial charge is 0.490 e. The Hall–Kier alpha value is -5.25. The van der Waals surface area contributed by atoms with Crippen molar-refractivity contribution >= 4 is 46.8 Å². The predicted molar refractivity (Wildman–Crippen MR) is 204 cm³/mol. The third-order valence-corrected chi connectivity index (χ3v) is 12.5. The number of benzene rings is 3. The van der Waals surface area contributed by atoms with Gasteiger partial charge in [-0.05, 0) is 124 Å². The minimum Gasteiger partial charge on any atom is -0.490 e. The summed E-state index contributed by atoms with van der Waals surface area (Å²) in [7, 11) is 2.05. The van der Waals surface area contributed by atoms with Crippen LogP contribution in [0.15, 0.2) is 54.6 Å². The van der Waals surface area contributed by atoms with Crippen LogP contribution in [-0.4, -0.2) is 76.7 Å². The molecule has 0 radical (unpaired) electrons. The Morgan fingerprint density at radius 3 is 2.13 bits per heavy atom. The first-order valence-corrected chi connectivity index (χ1v) is 19.6. The molecule has 5 aliphatic rings. The number of anilines is 1. The van der Waals surface area contributed by atoms with E-state index in [1.165, 1.54) is 0 Å². The fraction of sp³-hybridized carbons (Fsp3) is 0.429. The van der Waals surface area contributed by atoms with Crippen molar-refractivity contribution in [3.8, 4) is 11.8 Å². The van der Waals surface area contributed by atoms with Gasteiger partial charge in [0.05, 0.1) is 27.8 Å². The van der Waals surface area contributed by atoms with E-state index in [4.69, 9.17) is 16.3 Å². The molecule has 3 aliphatic heterocycles. The van der Waals surface area contributed by atoms with E-state index in [9.17, 15) is 29.2 Å². The van der Waals surface area contributed by atoms with E-state index in [-0.39, 0.29) is 30.9 Å². The summed E-state index contributed by atoms with van der Waals surface area (Å²) in [4.78, 5) is 69.4. The molecule has 13 heteroatoms. The van der Waals surface area contributed by atoms with Gasteiger partial charge in [0, 0.05) is 55.9 Å². The monoisotopic (exact) mass is 762 g/mol. The number of nitrogens with one attached hydrogen (secondary N) is 2. The van der Waals surface area contributed by atoms with Crippen LogP contribution >= 0.6 is 11.6 Å². The fourth-order valence-corrected chi connectivity index (χ4v) is 9.18. The molecule has 3 heterocycles. The molecule has 1 atom stereocenters. The lowest BCUT2D eigenvalue weighted by Gasteiger charge is -2.36. The highest BCUT2D eigenvalue weighted by Crippen LogP contribution is 2.37. The molecule has 3 aromatic carbocycles. The third-order valence-electron chi connectivity index (χ3n) is 12.1. The van der Waals surface area contributed by atoms with Crippen LogP contribution in [0.25, 0.3) is 0 Å². The average Bonchev–Trinajstić information content (AvgIpc) is 3.71. The smallest absolute Gasteiger partial charge is 0.262 e. The Morgan fingerprint density at radius 2 is 1.53 bits per heavy atom. The Balaban J connectivity index is 0.784. The highest BCUT2D eigenvalue weighted by Gasteiger charge is 2.45. The molecular weight excluding hydrogens is 720 g/mol. The lowest BCUT2D eigenvalue weighted by Crippen LogP contribution is -2.54. The Labute approximate surface area is 324 Å². The van der Waals surface area contributed by atoms with Crippen LogP contribution in [0.1, 0.15) is 112 Å². The van der Waals surface area contributed by atoms with Gasteiger partial charge in [-0.25, -0.2) is 0 Å². The first-order valence-electron chi connectivity index (χ1n) is 19.2. The number of ether oxygens (including phenoxy) is 1. The zero-order chi connectivity index (χ0) is 38.4. The van der Waals surface area contributed by atoms with Crippen LogP contribution in [0.2, 0.25) is 5.02 Å². The van der Waals surface area contributed by atoms with Crippen molar-refractivity contribution in [3.63, 3.8) is 0 Å². The summed E-state index contributed by atoms with van der Waals surface area (Å²) >= 11 is 6.26. The van der Waals surface area contributed by atoms with Crippen molar-refractivity contribution < 1.29 is 28.7 Å². The highest BCUT2D eigenvalue weighted by atomic mass is 35.5. The zero-order valence-electron chi connectivity index (χ0n) is 30.7. The number of hydrogen-bond donors (Lipinski definition) is 2. The number of rotatable bonds is 8. The molecule has 3 fully saturated rings. The van der Waals surface area contributed by atoms with Gasteiger partial charge in [-0.3, -0.25) is 39.1 Å². The molecule has 2 saturated carbocycles. The van der Waals surface area contributed by atoms with Gasteiger partial charge in [0.2, 0.25) is 11.8 Å². The van der Waals surface area contributed by atoms with Gasteiger partial charge in [-0.1, -0.05) is 11.6 Å². The maximum atomic E-state index is 13.3. The number of carbonyl (C=O) groups excluding carboxylic acids is 5. The standard InChI is InChI=1S/C42H43ClN6O6/c1-47(31-7-2-25(21-44)36(43)20-31)29-8-5-28(6-9-29)45-39(51)24-3-12-32(13-4-24)55-33-14-10-30(11-15-33)48-22-26-18-34-35(19-27(26)23-48)42(54)49(41(34)53)37-16-17-38(50)46-40(37)52/h2-4,7,12-13,18-20,28-30,33,37H,5-6,8-11,14-17,22-23H2,1H3,(H,45,51)(H,46,50,52)/t28?,29?,30?,33?,37-/m1/s1. The number of imide groups is 2. The maximum Gasteiger partial charge on any atom is 0.262 e. The number of hydrogen-bond acceptors (Lipinski definition) is 9. The SMILES string of the molecule is CN(c1ccc(C#N)c(Cl)c1)C1CCC(NC(=O)c2ccc(OC3CCC(N4Cc5cc6c(cc5C4)C(=O)N([C@@H]4CCC(=O)NC4=O)C6=O)CC3)cc2)CC1. The molecule has 12 nitrogen and oxygen atoms in total. The van der Waals surface area contributed by atoms with Crippen LogP contribution in [0, 0.1) is 11.3 Å². The third kappa shape index (κ3) is 7.31. The van der Waals surface area contributed by atoms with E-state index in [0.717, 1.165) is 78.8 Å². The van der Waals surface area contributed by atoms with Crippen molar-refractivity contribution in [3.05, 3.63) is 93.0 Å². The summed E-state index contributed by atoms with van der Waals surface area (Å²) in [6, 6.07) is 18.5. The summed E-state index contributed by atoms with van der Waals surface area (Å²) in [5, 5.41) is 15.1. The van der Waals surface area contributed by atoms with E-state index in [2.05, 4.69) is 26.5 Å². The zero-order valence-corrected chi connectivity index (χ0v) is 31.4. The molecule has 0 bridgehead atoms. The lowest BCUT2D eigenvalue weighted by molar-refractivity contribution is -0.136. The van der Waals surface area contributed by atoms with Crippen LogP contribution in [0.5, 0.6) is 5.75 Å². The van der Waals surface area contributed by atoms with Crippen molar-refractivity contribution in [2.24, 2.45) is 0 Å². The van der Waals surface area contributed by atoms with Gasteiger partial charge in [0.1, 0.15) is 17.9 Å². The molecule has 5 amide bonds. The second-order valence-electron chi connectivity index (χ2n) is 15.5. The van der Waals surface area contributed by atoms with Gasteiger partial charge < -0.3 is 15.0 Å². The molecular formula is C42H43ClN6O6. The molecule has 0 spiro atoms.